The van der Waals surface area contributed by atoms with Crippen LogP contribution in [0.1, 0.15) is 59.5 Å². The highest BCUT2D eigenvalue weighted by Gasteiger charge is 2.19. The van der Waals surface area contributed by atoms with Crippen LogP contribution in [0.4, 0.5) is 5.82 Å². The summed E-state index contributed by atoms with van der Waals surface area (Å²) in [5, 5.41) is 18.3. The summed E-state index contributed by atoms with van der Waals surface area (Å²) < 4.78 is 1.67. The molecule has 3 aromatic rings. The van der Waals surface area contributed by atoms with Crippen LogP contribution in [0.3, 0.4) is 0 Å². The molecule has 7 nitrogen and oxygen atoms in total. The molecule has 2 heterocycles. The lowest BCUT2D eigenvalue weighted by atomic mass is 9.86. The van der Waals surface area contributed by atoms with Gasteiger partial charge >= 0.3 is 0 Å². The monoisotopic (exact) mass is 378 g/mol. The van der Waals surface area contributed by atoms with Crippen LogP contribution in [0.5, 0.6) is 0 Å². The number of benzene rings is 1. The fourth-order valence-corrected chi connectivity index (χ4v) is 3.88. The van der Waals surface area contributed by atoms with Crippen LogP contribution >= 0.6 is 0 Å². The van der Waals surface area contributed by atoms with Gasteiger partial charge in [-0.2, -0.15) is 5.10 Å². The van der Waals surface area contributed by atoms with Crippen LogP contribution in [0, 0.1) is 19.8 Å². The molecule has 2 aromatic heterocycles. The number of H-pyrrole nitrogens is 1. The van der Waals surface area contributed by atoms with E-state index in [1.807, 2.05) is 44.2 Å². The minimum Gasteiger partial charge on any atom is -0.304 e. The zero-order valence-electron chi connectivity index (χ0n) is 16.4. The van der Waals surface area contributed by atoms with Crippen molar-refractivity contribution in [2.45, 2.75) is 52.4 Å². The van der Waals surface area contributed by atoms with Crippen molar-refractivity contribution >= 4 is 11.7 Å². The van der Waals surface area contributed by atoms with E-state index in [9.17, 15) is 4.79 Å². The smallest absolute Gasteiger partial charge is 0.279 e. The van der Waals surface area contributed by atoms with E-state index in [1.54, 1.807) is 4.68 Å². The standard InChI is InChI=1S/C21H26N6O/c1-14-8-10-18(11-9-14)27-15(2)20(25-26-27)21(28)22-19-13-17(23-24-19)12-16-6-4-3-5-7-16/h8-11,13,16H,3-7,12H2,1-2H3,(H2,22,23,24,28). The molecule has 0 aliphatic heterocycles. The van der Waals surface area contributed by atoms with Gasteiger partial charge in [-0.25, -0.2) is 4.68 Å². The summed E-state index contributed by atoms with van der Waals surface area (Å²) in [5.74, 6) is 0.945. The molecular formula is C21H26N6O. The topological polar surface area (TPSA) is 88.5 Å². The maximum absolute atomic E-state index is 12.7. The first-order chi connectivity index (χ1) is 13.6. The van der Waals surface area contributed by atoms with Gasteiger partial charge in [0.05, 0.1) is 11.4 Å². The summed E-state index contributed by atoms with van der Waals surface area (Å²) in [6, 6.07) is 9.86. The zero-order chi connectivity index (χ0) is 19.5. The Morgan fingerprint density at radius 3 is 2.68 bits per heavy atom. The van der Waals surface area contributed by atoms with E-state index in [4.69, 9.17) is 0 Å². The molecule has 0 unspecified atom stereocenters. The maximum Gasteiger partial charge on any atom is 0.279 e. The van der Waals surface area contributed by atoms with Gasteiger partial charge in [0.25, 0.3) is 5.91 Å². The minimum atomic E-state index is -0.299. The number of aromatic amines is 1. The Kier molecular flexibility index (Phi) is 5.23. The summed E-state index contributed by atoms with van der Waals surface area (Å²) in [5.41, 5.74) is 4.12. The SMILES string of the molecule is Cc1ccc(-n2nnc(C(=O)Nc3cc(CC4CCCCC4)[nH]n3)c2C)cc1. The van der Waals surface area contributed by atoms with Crippen molar-refractivity contribution in [1.82, 2.24) is 25.2 Å². The molecule has 1 aromatic carbocycles. The highest BCUT2D eigenvalue weighted by atomic mass is 16.2. The van der Waals surface area contributed by atoms with Gasteiger partial charge in [-0.3, -0.25) is 9.89 Å². The van der Waals surface area contributed by atoms with E-state index in [-0.39, 0.29) is 5.91 Å². The fourth-order valence-electron chi connectivity index (χ4n) is 3.88. The Labute approximate surface area is 164 Å². The van der Waals surface area contributed by atoms with Crippen LogP contribution < -0.4 is 5.32 Å². The lowest BCUT2D eigenvalue weighted by molar-refractivity contribution is 0.102. The maximum atomic E-state index is 12.7. The third-order valence-corrected chi connectivity index (χ3v) is 5.49. The number of carbonyl (C=O) groups excluding carboxylic acids is 1. The third-order valence-electron chi connectivity index (χ3n) is 5.49. The lowest BCUT2D eigenvalue weighted by Crippen LogP contribution is -2.14. The number of aromatic nitrogens is 5. The molecule has 4 rings (SSSR count). The Bertz CT molecular complexity index is 950. The average molecular weight is 378 g/mol. The molecule has 28 heavy (non-hydrogen) atoms. The molecule has 1 saturated carbocycles. The van der Waals surface area contributed by atoms with Gasteiger partial charge in [-0.05, 0) is 38.3 Å². The van der Waals surface area contributed by atoms with Gasteiger partial charge in [0, 0.05) is 11.8 Å². The number of carbonyl (C=O) groups is 1. The number of anilines is 1. The van der Waals surface area contributed by atoms with Crippen molar-refractivity contribution in [3.63, 3.8) is 0 Å². The predicted octanol–water partition coefficient (Wildman–Crippen LogP) is 3.98. The molecule has 1 aliphatic rings. The molecule has 0 saturated heterocycles. The highest BCUT2D eigenvalue weighted by Crippen LogP contribution is 2.26. The highest BCUT2D eigenvalue weighted by molar-refractivity contribution is 6.03. The molecule has 0 bridgehead atoms. The second-order valence-electron chi connectivity index (χ2n) is 7.71. The van der Waals surface area contributed by atoms with E-state index in [0.29, 0.717) is 17.2 Å². The van der Waals surface area contributed by atoms with Gasteiger partial charge in [0.2, 0.25) is 0 Å². The molecule has 1 aliphatic carbocycles. The van der Waals surface area contributed by atoms with Crippen molar-refractivity contribution < 1.29 is 4.79 Å². The van der Waals surface area contributed by atoms with Crippen LogP contribution in [0.15, 0.2) is 30.3 Å². The number of nitrogens with one attached hydrogen (secondary N) is 2. The molecule has 1 fully saturated rings. The quantitative estimate of drug-likeness (QED) is 0.703. The zero-order valence-corrected chi connectivity index (χ0v) is 16.4. The number of rotatable bonds is 5. The van der Waals surface area contributed by atoms with Crippen molar-refractivity contribution in [2.75, 3.05) is 5.32 Å². The Balaban J connectivity index is 1.43. The Morgan fingerprint density at radius 1 is 1.18 bits per heavy atom. The Morgan fingerprint density at radius 2 is 1.93 bits per heavy atom. The number of hydrogen-bond acceptors (Lipinski definition) is 4. The van der Waals surface area contributed by atoms with Gasteiger partial charge in [-0.1, -0.05) is 55.0 Å². The van der Waals surface area contributed by atoms with Crippen molar-refractivity contribution in [2.24, 2.45) is 5.92 Å². The van der Waals surface area contributed by atoms with Crippen LogP contribution in [0.25, 0.3) is 5.69 Å². The van der Waals surface area contributed by atoms with Crippen LogP contribution in [-0.2, 0) is 6.42 Å². The van der Waals surface area contributed by atoms with Gasteiger partial charge < -0.3 is 5.32 Å². The van der Waals surface area contributed by atoms with E-state index in [1.165, 1.54) is 37.7 Å². The number of amides is 1. The first kappa shape index (κ1) is 18.4. The Hall–Kier alpha value is -2.96. The summed E-state index contributed by atoms with van der Waals surface area (Å²) in [6.45, 7) is 3.87. The van der Waals surface area contributed by atoms with Gasteiger partial charge in [-0.15, -0.1) is 5.10 Å². The predicted molar refractivity (Wildman–Crippen MR) is 108 cm³/mol. The van der Waals surface area contributed by atoms with Crippen molar-refractivity contribution in [1.29, 1.82) is 0 Å². The molecule has 146 valence electrons. The minimum absolute atomic E-state index is 0.299. The first-order valence-corrected chi connectivity index (χ1v) is 9.95. The van der Waals surface area contributed by atoms with E-state index in [0.717, 1.165) is 23.7 Å². The molecule has 2 N–H and O–H groups in total. The second-order valence-corrected chi connectivity index (χ2v) is 7.71. The molecular weight excluding hydrogens is 352 g/mol. The summed E-state index contributed by atoms with van der Waals surface area (Å²) in [6.07, 6.45) is 7.54. The van der Waals surface area contributed by atoms with E-state index >= 15 is 0 Å². The fraction of sp³-hybridized carbons (Fsp3) is 0.429. The molecule has 0 atom stereocenters. The number of nitrogens with zero attached hydrogens (tertiary/aromatic N) is 4. The normalized spacial score (nSPS) is 14.9. The lowest BCUT2D eigenvalue weighted by Gasteiger charge is -2.20. The number of hydrogen-bond donors (Lipinski definition) is 2. The van der Waals surface area contributed by atoms with Crippen molar-refractivity contribution in [3.05, 3.63) is 53.0 Å². The summed E-state index contributed by atoms with van der Waals surface area (Å²) in [4.78, 5) is 12.7. The van der Waals surface area contributed by atoms with E-state index in [2.05, 4.69) is 25.8 Å². The van der Waals surface area contributed by atoms with Gasteiger partial charge in [0.1, 0.15) is 0 Å². The van der Waals surface area contributed by atoms with Gasteiger partial charge in [0.15, 0.2) is 11.5 Å². The third kappa shape index (κ3) is 3.98. The molecule has 7 heteroatoms. The number of aryl methyl sites for hydroxylation is 1. The largest absolute Gasteiger partial charge is 0.304 e. The molecule has 1 amide bonds. The van der Waals surface area contributed by atoms with Crippen LogP contribution in [0.2, 0.25) is 0 Å². The summed E-state index contributed by atoms with van der Waals surface area (Å²) >= 11 is 0. The first-order valence-electron chi connectivity index (χ1n) is 9.95. The van der Waals surface area contributed by atoms with Crippen molar-refractivity contribution in [3.8, 4) is 5.69 Å². The molecule has 0 spiro atoms. The second kappa shape index (κ2) is 7.96. The average Bonchev–Trinajstić information content (AvgIpc) is 3.29. The van der Waals surface area contributed by atoms with Crippen LogP contribution in [-0.4, -0.2) is 31.1 Å². The molecule has 0 radical (unpaired) electrons. The van der Waals surface area contributed by atoms with E-state index < -0.39 is 0 Å². The summed E-state index contributed by atoms with van der Waals surface area (Å²) in [7, 11) is 0.